The quantitative estimate of drug-likeness (QED) is 0.273. The second-order valence-electron chi connectivity index (χ2n) is 11.7. The van der Waals surface area contributed by atoms with Crippen LogP contribution in [0, 0.1) is 13.8 Å². The molecule has 1 nitrogen and oxygen atoms in total. The smallest absolute Gasteiger partial charge is 0.0543 e. The number of hydrogen-bond donors (Lipinski definition) is 0. The van der Waals surface area contributed by atoms with Gasteiger partial charge in [-0.25, -0.2) is 0 Å². The second-order valence-corrected chi connectivity index (χ2v) is 12.1. The summed E-state index contributed by atoms with van der Waals surface area (Å²) in [5.74, 6) is 0. The molecule has 0 aromatic heterocycles. The van der Waals surface area contributed by atoms with Crippen molar-refractivity contribution in [1.29, 1.82) is 0 Å². The van der Waals surface area contributed by atoms with Gasteiger partial charge in [-0.15, -0.1) is 0 Å². The fourth-order valence-electron chi connectivity index (χ4n) is 5.68. The summed E-state index contributed by atoms with van der Waals surface area (Å²) in [5, 5.41) is 0.753. The monoisotopic (exact) mass is 493 g/mol. The lowest BCUT2D eigenvalue weighted by Crippen LogP contribution is -2.34. The number of fused-ring (bicyclic) bond motifs is 1. The van der Waals surface area contributed by atoms with Crippen molar-refractivity contribution >= 4 is 28.7 Å². The van der Waals surface area contributed by atoms with E-state index >= 15 is 0 Å². The largest absolute Gasteiger partial charge is 0.310 e. The van der Waals surface area contributed by atoms with Crippen molar-refractivity contribution < 1.29 is 0 Å². The molecule has 2 heteroatoms. The third-order valence-corrected chi connectivity index (χ3v) is 8.06. The lowest BCUT2D eigenvalue weighted by Gasteiger charge is -2.43. The Balaban J connectivity index is 1.88. The van der Waals surface area contributed by atoms with E-state index in [4.69, 9.17) is 11.6 Å². The Hall–Kier alpha value is -3.03. The average molecular weight is 494 g/mol. The number of rotatable bonds is 4. The van der Waals surface area contributed by atoms with Crippen LogP contribution in [-0.4, -0.2) is 0 Å². The number of nitrogens with zero attached hydrogens (tertiary/aromatic N) is 1. The molecule has 0 fully saturated rings. The molecule has 0 radical (unpaired) electrons. The predicted octanol–water partition coefficient (Wildman–Crippen LogP) is 10.4. The molecule has 4 aromatic rings. The van der Waals surface area contributed by atoms with Crippen molar-refractivity contribution in [3.63, 3.8) is 0 Å². The molecule has 0 N–H and O–H groups in total. The fraction of sp³-hybridized carbons (Fsp3) is 0.294. The van der Waals surface area contributed by atoms with Crippen LogP contribution in [0.5, 0.6) is 0 Å². The van der Waals surface area contributed by atoms with Crippen LogP contribution in [0.1, 0.15) is 62.8 Å². The van der Waals surface area contributed by atoms with E-state index in [0.29, 0.717) is 0 Å². The van der Waals surface area contributed by atoms with Crippen molar-refractivity contribution in [3.8, 4) is 11.1 Å². The van der Waals surface area contributed by atoms with E-state index in [-0.39, 0.29) is 10.8 Å². The maximum atomic E-state index is 6.63. The molecular weight excluding hydrogens is 458 g/mol. The van der Waals surface area contributed by atoms with Crippen LogP contribution in [0.4, 0.5) is 17.1 Å². The van der Waals surface area contributed by atoms with Crippen LogP contribution in [0.2, 0.25) is 5.02 Å². The highest BCUT2D eigenvalue weighted by atomic mass is 35.5. The minimum Gasteiger partial charge on any atom is -0.310 e. The van der Waals surface area contributed by atoms with E-state index in [1.807, 2.05) is 6.07 Å². The van der Waals surface area contributed by atoms with Crippen molar-refractivity contribution in [2.45, 2.75) is 65.2 Å². The summed E-state index contributed by atoms with van der Waals surface area (Å²) < 4.78 is 0. The number of hydrogen-bond acceptors (Lipinski definition) is 1. The van der Waals surface area contributed by atoms with E-state index in [2.05, 4.69) is 125 Å². The molecule has 0 aliphatic heterocycles. The summed E-state index contributed by atoms with van der Waals surface area (Å²) in [5.41, 5.74) is 11.4. The standard InChI is InChI=1S/C34H36ClN/c1-23-11-10-14-27(18-23)36(28-19-24(2)17-26(35)20-28)32-22-31-30(33(3,4)15-16-34(31,5)6)21-29(32)25-12-8-7-9-13-25/h7-14,17-22H,15-16H2,1-6H3. The van der Waals surface area contributed by atoms with E-state index in [9.17, 15) is 0 Å². The van der Waals surface area contributed by atoms with Crippen LogP contribution >= 0.6 is 11.6 Å². The first-order valence-corrected chi connectivity index (χ1v) is 13.3. The van der Waals surface area contributed by atoms with Gasteiger partial charge in [0.05, 0.1) is 5.69 Å². The molecule has 36 heavy (non-hydrogen) atoms. The van der Waals surface area contributed by atoms with E-state index in [1.54, 1.807) is 0 Å². The Kier molecular flexibility index (Phi) is 6.25. The van der Waals surface area contributed by atoms with Crippen molar-refractivity contribution in [2.24, 2.45) is 0 Å². The predicted molar refractivity (Wildman–Crippen MR) is 156 cm³/mol. The Labute approximate surface area is 221 Å². The number of aryl methyl sites for hydroxylation is 2. The Morgan fingerprint density at radius 2 is 1.28 bits per heavy atom. The third-order valence-electron chi connectivity index (χ3n) is 7.84. The summed E-state index contributed by atoms with van der Waals surface area (Å²) in [7, 11) is 0. The number of halogens is 1. The fourth-order valence-corrected chi connectivity index (χ4v) is 5.96. The summed E-state index contributed by atoms with van der Waals surface area (Å²) in [6, 6.07) is 30.9. The molecule has 0 heterocycles. The van der Waals surface area contributed by atoms with Gasteiger partial charge < -0.3 is 4.90 Å². The zero-order chi connectivity index (χ0) is 25.7. The van der Waals surface area contributed by atoms with Crippen molar-refractivity contribution in [3.05, 3.63) is 112 Å². The average Bonchev–Trinajstić information content (AvgIpc) is 2.82. The molecular formula is C34H36ClN. The van der Waals surface area contributed by atoms with Crippen LogP contribution in [0.15, 0.2) is 84.9 Å². The van der Waals surface area contributed by atoms with E-state index in [1.165, 1.54) is 46.3 Å². The van der Waals surface area contributed by atoms with Gasteiger partial charge in [-0.2, -0.15) is 0 Å². The van der Waals surface area contributed by atoms with Gasteiger partial charge in [0.15, 0.2) is 0 Å². The van der Waals surface area contributed by atoms with Gasteiger partial charge >= 0.3 is 0 Å². The first kappa shape index (κ1) is 24.7. The molecule has 0 bridgehead atoms. The maximum Gasteiger partial charge on any atom is 0.0543 e. The Morgan fingerprint density at radius 3 is 1.92 bits per heavy atom. The highest BCUT2D eigenvalue weighted by molar-refractivity contribution is 6.31. The normalized spacial score (nSPS) is 15.9. The summed E-state index contributed by atoms with van der Waals surface area (Å²) in [6.45, 7) is 13.9. The van der Waals surface area contributed by atoms with Gasteiger partial charge in [0, 0.05) is 22.0 Å². The van der Waals surface area contributed by atoms with Gasteiger partial charge in [-0.1, -0.05) is 81.8 Å². The zero-order valence-corrected chi connectivity index (χ0v) is 23.1. The molecule has 0 spiro atoms. The van der Waals surface area contributed by atoms with Gasteiger partial charge in [0.2, 0.25) is 0 Å². The number of anilines is 3. The molecule has 5 rings (SSSR count). The molecule has 0 saturated heterocycles. The van der Waals surface area contributed by atoms with E-state index < -0.39 is 0 Å². The second kappa shape index (κ2) is 9.12. The summed E-state index contributed by atoms with van der Waals surface area (Å²) in [4.78, 5) is 2.40. The van der Waals surface area contributed by atoms with Crippen molar-refractivity contribution in [1.82, 2.24) is 0 Å². The minimum absolute atomic E-state index is 0.108. The van der Waals surface area contributed by atoms with Crippen LogP contribution in [0.3, 0.4) is 0 Å². The number of benzene rings is 4. The van der Waals surface area contributed by atoms with E-state index in [0.717, 1.165) is 22.0 Å². The van der Waals surface area contributed by atoms with Gasteiger partial charge in [-0.3, -0.25) is 0 Å². The zero-order valence-electron chi connectivity index (χ0n) is 22.3. The van der Waals surface area contributed by atoms with Crippen molar-refractivity contribution in [2.75, 3.05) is 4.90 Å². The Morgan fingerprint density at radius 1 is 0.639 bits per heavy atom. The summed E-state index contributed by atoms with van der Waals surface area (Å²) in [6.07, 6.45) is 2.37. The molecule has 0 amide bonds. The SMILES string of the molecule is Cc1cccc(N(c2cc(C)cc(Cl)c2)c2cc3c(cc2-c2ccccc2)C(C)(C)CCC3(C)C)c1. The molecule has 0 unspecified atom stereocenters. The molecule has 1 aliphatic rings. The van der Waals surface area contributed by atoms with Crippen LogP contribution in [-0.2, 0) is 10.8 Å². The molecule has 4 aromatic carbocycles. The Bertz CT molecular complexity index is 1390. The molecule has 184 valence electrons. The van der Waals surface area contributed by atoms with Gasteiger partial charge in [-0.05, 0) is 108 Å². The minimum atomic E-state index is 0.108. The molecule has 0 atom stereocenters. The highest BCUT2D eigenvalue weighted by Gasteiger charge is 2.38. The highest BCUT2D eigenvalue weighted by Crippen LogP contribution is 2.51. The lowest BCUT2D eigenvalue weighted by atomic mass is 9.62. The van der Waals surface area contributed by atoms with Crippen LogP contribution < -0.4 is 4.90 Å². The van der Waals surface area contributed by atoms with Gasteiger partial charge in [0.25, 0.3) is 0 Å². The molecule has 1 aliphatic carbocycles. The van der Waals surface area contributed by atoms with Crippen LogP contribution in [0.25, 0.3) is 11.1 Å². The van der Waals surface area contributed by atoms with Gasteiger partial charge in [0.1, 0.15) is 0 Å². The maximum absolute atomic E-state index is 6.63. The first-order valence-electron chi connectivity index (χ1n) is 12.9. The first-order chi connectivity index (χ1) is 17.0. The lowest BCUT2D eigenvalue weighted by molar-refractivity contribution is 0.332. The third kappa shape index (κ3) is 4.58. The summed E-state index contributed by atoms with van der Waals surface area (Å²) >= 11 is 6.63. The molecule has 0 saturated carbocycles. The topological polar surface area (TPSA) is 3.24 Å².